The molecular weight excluding hydrogens is 268 g/mol. The second-order valence-corrected chi connectivity index (χ2v) is 6.63. The molecule has 122 valence electrons. The molecule has 4 heteroatoms. The van der Waals surface area contributed by atoms with Gasteiger partial charge in [-0.1, -0.05) is 20.8 Å². The highest BCUT2D eigenvalue weighted by atomic mass is 16.6. The minimum Gasteiger partial charge on any atom is -0.465 e. The zero-order chi connectivity index (χ0) is 16.0. The first-order valence-corrected chi connectivity index (χ1v) is 8.17. The number of rotatable bonds is 7. The first kappa shape index (κ1) is 18.0. The molecule has 0 N–H and O–H groups in total. The molecule has 0 bridgehead atoms. The Morgan fingerprint density at radius 1 is 1.10 bits per heavy atom. The number of hydrogen-bond donors (Lipinski definition) is 0. The maximum Gasteiger partial charge on any atom is 0.320 e. The molecule has 1 saturated carbocycles. The molecule has 0 spiro atoms. The van der Waals surface area contributed by atoms with E-state index in [-0.39, 0.29) is 5.41 Å². The van der Waals surface area contributed by atoms with Crippen LogP contribution in [0.25, 0.3) is 0 Å². The van der Waals surface area contributed by atoms with E-state index in [0.29, 0.717) is 31.5 Å². The Hall–Kier alpha value is -1.06. The fraction of sp³-hybridized carbons (Fsp3) is 0.882. The fourth-order valence-corrected chi connectivity index (χ4v) is 3.30. The van der Waals surface area contributed by atoms with Crippen molar-refractivity contribution in [2.75, 3.05) is 13.2 Å². The van der Waals surface area contributed by atoms with E-state index >= 15 is 0 Å². The molecule has 0 heterocycles. The lowest BCUT2D eigenvalue weighted by atomic mass is 9.74. The monoisotopic (exact) mass is 298 g/mol. The number of carbonyl (C=O) groups excluding carboxylic acids is 2. The van der Waals surface area contributed by atoms with Crippen LogP contribution in [0, 0.1) is 23.2 Å². The zero-order valence-corrected chi connectivity index (χ0v) is 14.1. The molecule has 1 aliphatic carbocycles. The summed E-state index contributed by atoms with van der Waals surface area (Å²) in [5.74, 6) is -0.416. The maximum absolute atomic E-state index is 12.0. The molecule has 0 aromatic heterocycles. The van der Waals surface area contributed by atoms with Crippen LogP contribution in [0.4, 0.5) is 0 Å². The van der Waals surface area contributed by atoms with E-state index in [2.05, 4.69) is 20.8 Å². The summed E-state index contributed by atoms with van der Waals surface area (Å²) in [5, 5.41) is 0. The van der Waals surface area contributed by atoms with Gasteiger partial charge < -0.3 is 9.47 Å². The van der Waals surface area contributed by atoms with Crippen molar-refractivity contribution in [1.82, 2.24) is 0 Å². The van der Waals surface area contributed by atoms with Crippen molar-refractivity contribution in [2.24, 2.45) is 23.2 Å². The van der Waals surface area contributed by atoms with Crippen LogP contribution < -0.4 is 0 Å². The van der Waals surface area contributed by atoms with Gasteiger partial charge in [-0.25, -0.2) is 0 Å². The summed E-state index contributed by atoms with van der Waals surface area (Å²) < 4.78 is 10.0. The minimum absolute atomic E-state index is 0.272. The van der Waals surface area contributed by atoms with E-state index in [1.54, 1.807) is 13.8 Å². The molecule has 0 radical (unpaired) electrons. The van der Waals surface area contributed by atoms with Gasteiger partial charge in [0.25, 0.3) is 0 Å². The van der Waals surface area contributed by atoms with Crippen LogP contribution in [0.3, 0.4) is 0 Å². The SMILES string of the molecule is CCOC(=O)C(CCC1CCC(C)C1(C)C)C(=O)OCC. The standard InChI is InChI=1S/C17H30O4/c1-6-20-15(18)14(16(19)21-7-2)11-10-13-9-8-12(3)17(13,4)5/h12-14H,6-11H2,1-5H3. The summed E-state index contributed by atoms with van der Waals surface area (Å²) in [6, 6.07) is 0. The summed E-state index contributed by atoms with van der Waals surface area (Å²) in [4.78, 5) is 23.9. The second-order valence-electron chi connectivity index (χ2n) is 6.63. The predicted octanol–water partition coefficient (Wildman–Crippen LogP) is 3.58. The number of hydrogen-bond acceptors (Lipinski definition) is 4. The minimum atomic E-state index is -0.767. The molecule has 1 fully saturated rings. The van der Waals surface area contributed by atoms with Crippen molar-refractivity contribution in [1.29, 1.82) is 0 Å². The van der Waals surface area contributed by atoms with Crippen molar-refractivity contribution >= 4 is 11.9 Å². The Labute approximate surface area is 128 Å². The van der Waals surface area contributed by atoms with Gasteiger partial charge in [-0.2, -0.15) is 0 Å². The molecular formula is C17H30O4. The molecule has 21 heavy (non-hydrogen) atoms. The first-order valence-electron chi connectivity index (χ1n) is 8.17. The van der Waals surface area contributed by atoms with Gasteiger partial charge in [0, 0.05) is 0 Å². The maximum atomic E-state index is 12.0. The highest BCUT2D eigenvalue weighted by Crippen LogP contribution is 2.49. The van der Waals surface area contributed by atoms with E-state index < -0.39 is 17.9 Å². The molecule has 1 aliphatic rings. The average molecular weight is 298 g/mol. The third-order valence-electron chi connectivity index (χ3n) is 5.22. The van der Waals surface area contributed by atoms with Gasteiger partial charge in [0.15, 0.2) is 5.92 Å². The Morgan fingerprint density at radius 3 is 2.00 bits per heavy atom. The normalized spacial score (nSPS) is 24.1. The largest absolute Gasteiger partial charge is 0.465 e. The van der Waals surface area contributed by atoms with Gasteiger partial charge in [0.1, 0.15) is 0 Å². The summed E-state index contributed by atoms with van der Waals surface area (Å²) >= 11 is 0. The summed E-state index contributed by atoms with van der Waals surface area (Å²) in [7, 11) is 0. The third-order valence-corrected chi connectivity index (χ3v) is 5.22. The van der Waals surface area contributed by atoms with E-state index in [9.17, 15) is 9.59 Å². The average Bonchev–Trinajstić information content (AvgIpc) is 2.66. The Morgan fingerprint density at radius 2 is 1.62 bits per heavy atom. The van der Waals surface area contributed by atoms with Crippen molar-refractivity contribution in [3.8, 4) is 0 Å². The van der Waals surface area contributed by atoms with Gasteiger partial charge in [-0.15, -0.1) is 0 Å². The molecule has 1 rings (SSSR count). The van der Waals surface area contributed by atoms with E-state index in [4.69, 9.17) is 9.47 Å². The van der Waals surface area contributed by atoms with Crippen molar-refractivity contribution < 1.29 is 19.1 Å². The quantitative estimate of drug-likeness (QED) is 0.532. The zero-order valence-electron chi connectivity index (χ0n) is 14.1. The van der Waals surface area contributed by atoms with Gasteiger partial charge >= 0.3 is 11.9 Å². The molecule has 0 aromatic carbocycles. The van der Waals surface area contributed by atoms with Crippen LogP contribution in [0.1, 0.15) is 60.3 Å². The van der Waals surface area contributed by atoms with E-state index in [1.165, 1.54) is 12.8 Å². The number of carbonyl (C=O) groups is 2. The van der Waals surface area contributed by atoms with Gasteiger partial charge in [0.05, 0.1) is 13.2 Å². The highest BCUT2D eigenvalue weighted by molar-refractivity contribution is 5.94. The summed E-state index contributed by atoms with van der Waals surface area (Å²) in [6.07, 6.45) is 3.80. The van der Waals surface area contributed by atoms with Gasteiger partial charge in [-0.3, -0.25) is 9.59 Å². The highest BCUT2D eigenvalue weighted by Gasteiger charge is 2.41. The first-order chi connectivity index (χ1) is 9.84. The Balaban J connectivity index is 2.65. The Kier molecular flexibility index (Phi) is 6.69. The van der Waals surface area contributed by atoms with Crippen molar-refractivity contribution in [2.45, 2.75) is 60.3 Å². The summed E-state index contributed by atoms with van der Waals surface area (Å²) in [5.41, 5.74) is 0.272. The van der Waals surface area contributed by atoms with Gasteiger partial charge in [0.2, 0.25) is 0 Å². The smallest absolute Gasteiger partial charge is 0.320 e. The molecule has 0 saturated heterocycles. The number of esters is 2. The van der Waals surface area contributed by atoms with Crippen molar-refractivity contribution in [3.63, 3.8) is 0 Å². The lowest BCUT2D eigenvalue weighted by Crippen LogP contribution is -2.30. The Bertz CT molecular complexity index is 344. The van der Waals surface area contributed by atoms with Crippen LogP contribution in [-0.4, -0.2) is 25.2 Å². The molecule has 2 atom stereocenters. The lowest BCUT2D eigenvalue weighted by Gasteiger charge is -2.31. The van der Waals surface area contributed by atoms with Crippen LogP contribution in [0.5, 0.6) is 0 Å². The second kappa shape index (κ2) is 7.81. The van der Waals surface area contributed by atoms with E-state index in [1.807, 2.05) is 0 Å². The molecule has 0 aromatic rings. The lowest BCUT2D eigenvalue weighted by molar-refractivity contribution is -0.162. The number of ether oxygens (including phenoxy) is 2. The van der Waals surface area contributed by atoms with Crippen LogP contribution in [-0.2, 0) is 19.1 Å². The van der Waals surface area contributed by atoms with Crippen LogP contribution >= 0.6 is 0 Å². The third kappa shape index (κ3) is 4.45. The molecule has 2 unspecified atom stereocenters. The van der Waals surface area contributed by atoms with Crippen LogP contribution in [0.2, 0.25) is 0 Å². The van der Waals surface area contributed by atoms with Crippen LogP contribution in [0.15, 0.2) is 0 Å². The molecule has 0 aliphatic heterocycles. The topological polar surface area (TPSA) is 52.6 Å². The fourth-order valence-electron chi connectivity index (χ4n) is 3.30. The predicted molar refractivity (Wildman–Crippen MR) is 81.7 cm³/mol. The molecule has 0 amide bonds. The van der Waals surface area contributed by atoms with Crippen molar-refractivity contribution in [3.05, 3.63) is 0 Å². The summed E-state index contributed by atoms with van der Waals surface area (Å²) in [6.45, 7) is 11.0. The molecule has 4 nitrogen and oxygen atoms in total. The van der Waals surface area contributed by atoms with E-state index in [0.717, 1.165) is 6.42 Å². The van der Waals surface area contributed by atoms with Gasteiger partial charge in [-0.05, 0) is 56.8 Å².